The molecule has 1 aliphatic heterocycles. The summed E-state index contributed by atoms with van der Waals surface area (Å²) in [7, 11) is 0. The number of aromatic nitrogens is 1. The van der Waals surface area contributed by atoms with E-state index in [-0.39, 0.29) is 36.0 Å². The molecule has 4 rings (SSSR count). The van der Waals surface area contributed by atoms with E-state index in [0.717, 1.165) is 86.5 Å². The number of fused-ring (bicyclic) bond motifs is 3. The topological polar surface area (TPSA) is 80.6 Å². The molecule has 0 spiro atoms. The molecule has 1 amide bonds. The molecule has 1 aliphatic carbocycles. The second-order valence-electron chi connectivity index (χ2n) is 10.6. The number of nitrogens with one attached hydrogen (secondary N) is 1. The highest BCUT2D eigenvalue weighted by Crippen LogP contribution is 2.38. The highest BCUT2D eigenvalue weighted by Gasteiger charge is 2.33. The Morgan fingerprint density at radius 3 is 2.77 bits per heavy atom. The van der Waals surface area contributed by atoms with Gasteiger partial charge in [-0.05, 0) is 95.8 Å². The van der Waals surface area contributed by atoms with Crippen molar-refractivity contribution in [2.24, 2.45) is 11.8 Å². The quantitative estimate of drug-likeness (QED) is 0.260. The summed E-state index contributed by atoms with van der Waals surface area (Å²) in [6.45, 7) is 5.03. The van der Waals surface area contributed by atoms with Gasteiger partial charge in [-0.25, -0.2) is 9.87 Å². The first kappa shape index (κ1) is 25.8. The van der Waals surface area contributed by atoms with Crippen LogP contribution in [0.1, 0.15) is 94.1 Å². The fraction of sp³-hybridized carbons (Fsp3) is 0.643. The van der Waals surface area contributed by atoms with Gasteiger partial charge in [-0.15, -0.1) is 0 Å². The van der Waals surface area contributed by atoms with E-state index in [1.54, 1.807) is 11.5 Å². The standard InChI is InChI=1S/C28H39FN2O4/c1-18-7-8-20(16-19(2)35-18)9-10-21-11-13-25-27(28(21)33)23-17-22(29)12-14-24(23)31(25)15-5-3-4-6-26(32)30-34/h12,14,17-21,34H,3-11,13,15-16H2,1-2H3,(H,30,32). The number of benzene rings is 1. The third-order valence-corrected chi connectivity index (χ3v) is 7.92. The van der Waals surface area contributed by atoms with Gasteiger partial charge in [0.2, 0.25) is 5.91 Å². The molecule has 1 saturated heterocycles. The summed E-state index contributed by atoms with van der Waals surface area (Å²) in [6.07, 6.45) is 10.1. The lowest BCUT2D eigenvalue weighted by molar-refractivity contribution is -0.129. The van der Waals surface area contributed by atoms with Crippen molar-refractivity contribution in [3.8, 4) is 0 Å². The molecule has 1 fully saturated rings. The van der Waals surface area contributed by atoms with E-state index in [1.807, 2.05) is 0 Å². The van der Waals surface area contributed by atoms with Gasteiger partial charge >= 0.3 is 0 Å². The van der Waals surface area contributed by atoms with E-state index in [0.29, 0.717) is 18.4 Å². The summed E-state index contributed by atoms with van der Waals surface area (Å²) in [4.78, 5) is 24.9. The molecule has 192 valence electrons. The Bertz CT molecular complexity index is 1050. The van der Waals surface area contributed by atoms with Gasteiger partial charge in [0, 0.05) is 41.0 Å². The highest BCUT2D eigenvalue weighted by molar-refractivity contribution is 6.11. The molecule has 0 radical (unpaired) electrons. The maximum atomic E-state index is 14.2. The van der Waals surface area contributed by atoms with Crippen molar-refractivity contribution in [1.29, 1.82) is 0 Å². The first-order valence-corrected chi connectivity index (χ1v) is 13.3. The SMILES string of the molecule is CC1CCC(CCC2CCc3c(c4cc(F)ccc4n3CCCCCC(=O)NO)C2=O)CC(C)O1. The number of carbonyl (C=O) groups is 2. The van der Waals surface area contributed by atoms with E-state index in [4.69, 9.17) is 9.94 Å². The largest absolute Gasteiger partial charge is 0.376 e. The predicted octanol–water partition coefficient (Wildman–Crippen LogP) is 5.97. The molecular weight excluding hydrogens is 447 g/mol. The normalized spacial score (nSPS) is 24.9. The van der Waals surface area contributed by atoms with Gasteiger partial charge in [-0.3, -0.25) is 14.8 Å². The second kappa shape index (κ2) is 11.7. The maximum Gasteiger partial charge on any atom is 0.243 e. The summed E-state index contributed by atoms with van der Waals surface area (Å²) in [6, 6.07) is 4.77. The Hall–Kier alpha value is -2.25. The zero-order valence-corrected chi connectivity index (χ0v) is 21.0. The Balaban J connectivity index is 1.46. The van der Waals surface area contributed by atoms with E-state index in [2.05, 4.69) is 18.4 Å². The van der Waals surface area contributed by atoms with Crippen LogP contribution in [0.4, 0.5) is 4.39 Å². The number of nitrogens with zero attached hydrogens (tertiary/aromatic N) is 1. The molecular formula is C28H39FN2O4. The number of rotatable bonds is 9. The van der Waals surface area contributed by atoms with Crippen LogP contribution in [0.5, 0.6) is 0 Å². The Morgan fingerprint density at radius 1 is 1.14 bits per heavy atom. The molecule has 0 bridgehead atoms. The Labute approximate surface area is 207 Å². The monoisotopic (exact) mass is 486 g/mol. The van der Waals surface area contributed by atoms with Crippen LogP contribution in [0.25, 0.3) is 10.9 Å². The molecule has 1 aromatic heterocycles. The molecule has 4 atom stereocenters. The van der Waals surface area contributed by atoms with Crippen molar-refractivity contribution < 1.29 is 23.9 Å². The summed E-state index contributed by atoms with van der Waals surface area (Å²) >= 11 is 0. The van der Waals surface area contributed by atoms with Gasteiger partial charge in [-0.1, -0.05) is 6.42 Å². The number of ketones is 1. The molecule has 2 aromatic rings. The first-order valence-electron chi connectivity index (χ1n) is 13.3. The van der Waals surface area contributed by atoms with Gasteiger partial charge in [-0.2, -0.15) is 0 Å². The first-order chi connectivity index (χ1) is 16.9. The average molecular weight is 487 g/mol. The molecule has 1 aromatic carbocycles. The van der Waals surface area contributed by atoms with E-state index >= 15 is 0 Å². The number of ether oxygens (including phenoxy) is 1. The van der Waals surface area contributed by atoms with Crippen molar-refractivity contribution in [1.82, 2.24) is 10.0 Å². The molecule has 0 saturated carbocycles. The fourth-order valence-electron chi connectivity index (χ4n) is 6.16. The minimum absolute atomic E-state index is 0.00119. The number of amides is 1. The second-order valence-corrected chi connectivity index (χ2v) is 10.6. The number of hydrogen-bond donors (Lipinski definition) is 2. The van der Waals surface area contributed by atoms with Gasteiger partial charge < -0.3 is 9.30 Å². The van der Waals surface area contributed by atoms with Crippen LogP contribution in [-0.4, -0.2) is 33.7 Å². The highest BCUT2D eigenvalue weighted by atomic mass is 19.1. The molecule has 2 heterocycles. The summed E-state index contributed by atoms with van der Waals surface area (Å²) in [5.74, 6) is 0.0753. The molecule has 2 N–H and O–H groups in total. The lowest BCUT2D eigenvalue weighted by Crippen LogP contribution is -2.24. The van der Waals surface area contributed by atoms with Gasteiger partial charge in [0.1, 0.15) is 5.82 Å². The number of aryl methyl sites for hydroxylation is 1. The number of Topliss-reactive ketones (excluding diaryl/α,β-unsaturated/α-hetero) is 1. The summed E-state index contributed by atoms with van der Waals surface area (Å²) < 4.78 is 22.4. The number of hydroxylamine groups is 1. The van der Waals surface area contributed by atoms with E-state index in [9.17, 15) is 14.0 Å². The van der Waals surface area contributed by atoms with Crippen LogP contribution in [0, 0.1) is 17.7 Å². The predicted molar refractivity (Wildman–Crippen MR) is 133 cm³/mol. The molecule has 35 heavy (non-hydrogen) atoms. The van der Waals surface area contributed by atoms with Crippen LogP contribution in [0.3, 0.4) is 0 Å². The summed E-state index contributed by atoms with van der Waals surface area (Å²) in [5.41, 5.74) is 4.34. The Morgan fingerprint density at radius 2 is 1.97 bits per heavy atom. The number of unbranched alkanes of at least 4 members (excludes halogenated alkanes) is 2. The molecule has 4 unspecified atom stereocenters. The van der Waals surface area contributed by atoms with Crippen LogP contribution >= 0.6 is 0 Å². The third kappa shape index (κ3) is 6.12. The van der Waals surface area contributed by atoms with Gasteiger partial charge in [0.05, 0.1) is 12.2 Å². The third-order valence-electron chi connectivity index (χ3n) is 7.92. The number of hydrogen-bond acceptors (Lipinski definition) is 4. The van der Waals surface area contributed by atoms with E-state index < -0.39 is 0 Å². The molecule has 7 heteroatoms. The zero-order valence-electron chi connectivity index (χ0n) is 21.0. The zero-order chi connectivity index (χ0) is 24.9. The van der Waals surface area contributed by atoms with Crippen LogP contribution in [0.2, 0.25) is 0 Å². The van der Waals surface area contributed by atoms with Crippen molar-refractivity contribution in [2.75, 3.05) is 0 Å². The van der Waals surface area contributed by atoms with Crippen molar-refractivity contribution in [2.45, 2.75) is 103 Å². The minimum atomic E-state index is -0.374. The van der Waals surface area contributed by atoms with Crippen LogP contribution < -0.4 is 5.48 Å². The minimum Gasteiger partial charge on any atom is -0.376 e. The smallest absolute Gasteiger partial charge is 0.243 e. The van der Waals surface area contributed by atoms with Gasteiger partial charge in [0.25, 0.3) is 0 Å². The van der Waals surface area contributed by atoms with Crippen molar-refractivity contribution >= 4 is 22.6 Å². The molecule has 2 aliphatic rings. The number of halogens is 1. The van der Waals surface area contributed by atoms with Crippen molar-refractivity contribution in [3.63, 3.8) is 0 Å². The van der Waals surface area contributed by atoms with Gasteiger partial charge in [0.15, 0.2) is 5.78 Å². The number of carbonyl (C=O) groups excluding carboxylic acids is 2. The lowest BCUT2D eigenvalue weighted by Gasteiger charge is -2.25. The summed E-state index contributed by atoms with van der Waals surface area (Å²) in [5, 5.41) is 9.37. The fourth-order valence-corrected chi connectivity index (χ4v) is 6.16. The van der Waals surface area contributed by atoms with Crippen molar-refractivity contribution in [3.05, 3.63) is 35.3 Å². The maximum absolute atomic E-state index is 14.2. The van der Waals surface area contributed by atoms with E-state index in [1.165, 1.54) is 12.1 Å². The van der Waals surface area contributed by atoms with Crippen LogP contribution in [-0.2, 0) is 22.5 Å². The van der Waals surface area contributed by atoms with Crippen LogP contribution in [0.15, 0.2) is 18.2 Å². The average Bonchev–Trinajstić information content (AvgIpc) is 3.03. The Kier molecular flexibility index (Phi) is 8.60. The molecule has 6 nitrogen and oxygen atoms in total. The lowest BCUT2D eigenvalue weighted by atomic mass is 9.80.